The van der Waals surface area contributed by atoms with Gasteiger partial charge in [-0.15, -0.1) is 0 Å². The van der Waals surface area contributed by atoms with Crippen molar-refractivity contribution in [1.82, 2.24) is 10.6 Å². The molecule has 15 atom stereocenters. The van der Waals surface area contributed by atoms with Crippen molar-refractivity contribution in [3.8, 4) is 0 Å². The first-order chi connectivity index (χ1) is 18.3. The molecular weight excluding hydrogens is 538 g/mol. The number of hydrogen-bond acceptors (Lipinski definition) is 16. The molecule has 3 aliphatic rings. The maximum atomic E-state index is 12.4. The van der Waals surface area contributed by atoms with Crippen LogP contribution in [0.15, 0.2) is 0 Å². The highest BCUT2D eigenvalue weighted by molar-refractivity contribution is 5.81. The SMILES string of the molecule is C.CN[C@@H]1[C@@H](O)[C@@H](O[C@@H]2[C@@H](O)[C@H](O[C@H]3O[C@H](CN)[C@@H](O)[C@H](O)[C@H]3O)[C@@H](N)C[C@H]2NC(=O)[C@@H](O)CN)OC[C@]1(C)O. The number of aliphatic hydroxyl groups is 7. The Morgan fingerprint density at radius 3 is 2.23 bits per heavy atom. The second-order valence-corrected chi connectivity index (χ2v) is 10.5. The summed E-state index contributed by atoms with van der Waals surface area (Å²) in [5, 5.41) is 78.5. The zero-order valence-corrected chi connectivity index (χ0v) is 21.8. The van der Waals surface area contributed by atoms with Crippen molar-refractivity contribution < 1.29 is 59.5 Å². The Bertz CT molecular complexity index is 812. The third kappa shape index (κ3) is 7.25. The molecule has 0 aromatic carbocycles. The van der Waals surface area contributed by atoms with Crippen molar-refractivity contribution in [2.75, 3.05) is 26.7 Å². The van der Waals surface area contributed by atoms with Crippen LogP contribution in [0.2, 0.25) is 0 Å². The number of carbonyl (C=O) groups is 1. The van der Waals surface area contributed by atoms with Crippen molar-refractivity contribution in [2.45, 2.75) is 112 Å². The van der Waals surface area contributed by atoms with Crippen LogP contribution in [0.3, 0.4) is 0 Å². The molecule has 2 saturated heterocycles. The zero-order valence-electron chi connectivity index (χ0n) is 21.8. The van der Waals surface area contributed by atoms with Crippen LogP contribution in [0.1, 0.15) is 20.8 Å². The lowest BCUT2D eigenvalue weighted by Crippen LogP contribution is -2.70. The van der Waals surface area contributed by atoms with Gasteiger partial charge in [-0.05, 0) is 20.4 Å². The van der Waals surface area contributed by atoms with E-state index >= 15 is 0 Å². The molecule has 0 spiro atoms. The monoisotopic (exact) mass is 585 g/mol. The maximum Gasteiger partial charge on any atom is 0.250 e. The average molecular weight is 586 g/mol. The van der Waals surface area contributed by atoms with Gasteiger partial charge in [-0.25, -0.2) is 0 Å². The maximum absolute atomic E-state index is 12.4. The van der Waals surface area contributed by atoms with Crippen molar-refractivity contribution in [3.63, 3.8) is 0 Å². The summed E-state index contributed by atoms with van der Waals surface area (Å²) in [6.45, 7) is 0.634. The summed E-state index contributed by atoms with van der Waals surface area (Å²) in [4.78, 5) is 12.4. The Labute approximate surface area is 232 Å². The molecular formula is C23H47N5O12. The van der Waals surface area contributed by atoms with Crippen LogP contribution >= 0.6 is 0 Å². The van der Waals surface area contributed by atoms with Gasteiger partial charge in [-0.2, -0.15) is 0 Å². The van der Waals surface area contributed by atoms with E-state index in [-0.39, 0.29) is 33.5 Å². The first-order valence-corrected chi connectivity index (χ1v) is 12.8. The van der Waals surface area contributed by atoms with Crippen LogP contribution in [0.25, 0.3) is 0 Å². The van der Waals surface area contributed by atoms with Gasteiger partial charge in [0.2, 0.25) is 5.91 Å². The van der Waals surface area contributed by atoms with Crippen LogP contribution in [-0.2, 0) is 23.7 Å². The standard InChI is InChI=1S/C22H43N5O12.CH4/c1-22(35)6-36-20(15(33)18(22)26-2)39-17-8(27-19(34)9(28)4-23)3-7(25)16(14(17)32)38-21-13(31)12(30)11(29)10(5-24)37-21;/h7-18,20-21,26,28-33,35H,3-6,23-25H2,1-2H3,(H,27,34);1H4/t7-,8+,9-,10+,11+,12-,13+,14-,15+,16+,17-,18+,20+,21+,22-;/m0./s1. The second kappa shape index (κ2) is 14.4. The highest BCUT2D eigenvalue weighted by atomic mass is 16.7. The van der Waals surface area contributed by atoms with E-state index in [2.05, 4.69) is 10.6 Å². The Morgan fingerprint density at radius 1 is 1.02 bits per heavy atom. The molecule has 40 heavy (non-hydrogen) atoms. The lowest BCUT2D eigenvalue weighted by Gasteiger charge is -2.49. The molecule has 17 nitrogen and oxygen atoms in total. The number of nitrogens with one attached hydrogen (secondary N) is 2. The predicted octanol–water partition coefficient (Wildman–Crippen LogP) is -6.89. The molecule has 0 aromatic heterocycles. The average Bonchev–Trinajstić information content (AvgIpc) is 2.89. The second-order valence-electron chi connectivity index (χ2n) is 10.5. The van der Waals surface area contributed by atoms with Crippen molar-refractivity contribution >= 4 is 5.91 Å². The van der Waals surface area contributed by atoms with Crippen molar-refractivity contribution in [2.24, 2.45) is 17.2 Å². The molecule has 3 fully saturated rings. The van der Waals surface area contributed by atoms with Crippen LogP contribution in [-0.4, -0.2) is 160 Å². The zero-order chi connectivity index (χ0) is 29.2. The van der Waals surface area contributed by atoms with Gasteiger partial charge >= 0.3 is 0 Å². The van der Waals surface area contributed by atoms with Gasteiger partial charge in [-0.3, -0.25) is 4.79 Å². The van der Waals surface area contributed by atoms with Gasteiger partial charge in [0.05, 0.1) is 18.7 Å². The van der Waals surface area contributed by atoms with E-state index in [1.165, 1.54) is 14.0 Å². The highest BCUT2D eigenvalue weighted by Crippen LogP contribution is 2.32. The summed E-state index contributed by atoms with van der Waals surface area (Å²) in [5.74, 6) is -0.857. The van der Waals surface area contributed by atoms with Gasteiger partial charge in [0, 0.05) is 19.1 Å². The molecule has 17 heteroatoms. The van der Waals surface area contributed by atoms with Gasteiger partial charge in [0.25, 0.3) is 0 Å². The number of amides is 1. The third-order valence-electron chi connectivity index (χ3n) is 7.50. The van der Waals surface area contributed by atoms with E-state index < -0.39 is 97.1 Å². The van der Waals surface area contributed by atoms with E-state index in [1.807, 2.05) is 0 Å². The first kappa shape index (κ1) is 35.1. The smallest absolute Gasteiger partial charge is 0.250 e. The minimum absolute atomic E-state index is 0. The molecule has 236 valence electrons. The lowest BCUT2D eigenvalue weighted by atomic mass is 9.83. The minimum Gasteiger partial charge on any atom is -0.388 e. The lowest BCUT2D eigenvalue weighted by molar-refractivity contribution is -0.330. The fraction of sp³-hybridized carbons (Fsp3) is 0.957. The normalized spacial score (nSPS) is 46.8. The molecule has 2 heterocycles. The van der Waals surface area contributed by atoms with Crippen LogP contribution in [0, 0.1) is 0 Å². The molecule has 1 amide bonds. The van der Waals surface area contributed by atoms with E-state index in [1.54, 1.807) is 0 Å². The molecule has 0 unspecified atom stereocenters. The molecule has 0 aromatic rings. The van der Waals surface area contributed by atoms with Crippen LogP contribution in [0.5, 0.6) is 0 Å². The number of carbonyl (C=O) groups excluding carboxylic acids is 1. The van der Waals surface area contributed by atoms with Crippen molar-refractivity contribution in [1.29, 1.82) is 0 Å². The number of ether oxygens (including phenoxy) is 4. The molecule has 0 bridgehead atoms. The fourth-order valence-corrected chi connectivity index (χ4v) is 5.22. The molecule has 15 N–H and O–H groups in total. The molecule has 3 rings (SSSR count). The Hall–Kier alpha value is -1.13. The Balaban J connectivity index is 0.00000560. The molecule has 0 radical (unpaired) electrons. The van der Waals surface area contributed by atoms with E-state index in [9.17, 15) is 40.5 Å². The number of likely N-dealkylation sites (N-methyl/N-ethyl adjacent to an activating group) is 1. The quantitative estimate of drug-likeness (QED) is 0.120. The Kier molecular flexibility index (Phi) is 12.6. The van der Waals surface area contributed by atoms with E-state index in [0.717, 1.165) is 0 Å². The molecule has 2 aliphatic heterocycles. The number of rotatable bonds is 9. The van der Waals surface area contributed by atoms with Gasteiger partial charge in [-0.1, -0.05) is 7.43 Å². The summed E-state index contributed by atoms with van der Waals surface area (Å²) >= 11 is 0. The summed E-state index contributed by atoms with van der Waals surface area (Å²) in [6.07, 6.45) is -16.3. The van der Waals surface area contributed by atoms with Gasteiger partial charge in [0.15, 0.2) is 12.6 Å². The molecule has 1 aliphatic carbocycles. The number of hydrogen-bond donors (Lipinski definition) is 12. The minimum atomic E-state index is -1.72. The summed E-state index contributed by atoms with van der Waals surface area (Å²) in [6, 6.07) is -2.92. The topological polar surface area (TPSA) is 298 Å². The van der Waals surface area contributed by atoms with Gasteiger partial charge < -0.3 is 82.5 Å². The van der Waals surface area contributed by atoms with Crippen LogP contribution < -0.4 is 27.8 Å². The van der Waals surface area contributed by atoms with Crippen LogP contribution in [0.4, 0.5) is 0 Å². The number of aliphatic hydroxyl groups excluding tert-OH is 6. The number of nitrogens with two attached hydrogens (primary N) is 3. The fourth-order valence-electron chi connectivity index (χ4n) is 5.22. The summed E-state index contributed by atoms with van der Waals surface area (Å²) in [5.41, 5.74) is 15.8. The third-order valence-corrected chi connectivity index (χ3v) is 7.50. The Morgan fingerprint density at radius 2 is 1.65 bits per heavy atom. The van der Waals surface area contributed by atoms with Gasteiger partial charge in [0.1, 0.15) is 60.5 Å². The van der Waals surface area contributed by atoms with E-state index in [0.29, 0.717) is 0 Å². The van der Waals surface area contributed by atoms with Crippen molar-refractivity contribution in [3.05, 3.63) is 0 Å². The summed E-state index contributed by atoms with van der Waals surface area (Å²) in [7, 11) is 1.52. The highest BCUT2D eigenvalue weighted by Gasteiger charge is 2.53. The predicted molar refractivity (Wildman–Crippen MR) is 137 cm³/mol. The van der Waals surface area contributed by atoms with E-state index in [4.69, 9.17) is 36.1 Å². The first-order valence-electron chi connectivity index (χ1n) is 12.8. The summed E-state index contributed by atoms with van der Waals surface area (Å²) < 4.78 is 22.7. The molecule has 1 saturated carbocycles. The largest absolute Gasteiger partial charge is 0.388 e.